The van der Waals surface area contributed by atoms with E-state index in [1.807, 2.05) is 96.9 Å². The van der Waals surface area contributed by atoms with Gasteiger partial charge in [0.25, 0.3) is 0 Å². The zero-order chi connectivity index (χ0) is 44.8. The van der Waals surface area contributed by atoms with Crippen molar-refractivity contribution in [2.75, 3.05) is 13.1 Å². The number of carboxylic acids is 3. The number of hydrogen-bond acceptors (Lipinski definition) is 10. The van der Waals surface area contributed by atoms with Crippen molar-refractivity contribution in [2.24, 2.45) is 16.2 Å². The Labute approximate surface area is 340 Å². The molecule has 0 aliphatic carbocycles. The van der Waals surface area contributed by atoms with Crippen molar-refractivity contribution in [1.82, 2.24) is 31.9 Å². The second-order valence-electron chi connectivity index (χ2n) is 20.7. The molecule has 0 saturated carbocycles. The highest BCUT2D eigenvalue weighted by molar-refractivity contribution is 5.95. The van der Waals surface area contributed by atoms with Crippen LogP contribution in [0.2, 0.25) is 0 Å². The quantitative estimate of drug-likeness (QED) is 0.0601. The summed E-state index contributed by atoms with van der Waals surface area (Å²) in [4.78, 5) is 86.2. The van der Waals surface area contributed by atoms with Gasteiger partial charge in [-0.05, 0) is 96.8 Å². The molecule has 0 bridgehead atoms. The fourth-order valence-electron chi connectivity index (χ4n) is 6.19. The van der Waals surface area contributed by atoms with Crippen LogP contribution < -0.4 is 31.9 Å². The van der Waals surface area contributed by atoms with Gasteiger partial charge in [0.15, 0.2) is 0 Å². The van der Waals surface area contributed by atoms with Gasteiger partial charge in [0.05, 0.1) is 0 Å². The molecule has 330 valence electrons. The number of imide groups is 1. The number of nitrogens with one attached hydrogen (secondary N) is 6. The zero-order valence-corrected chi connectivity index (χ0v) is 37.2. The highest BCUT2D eigenvalue weighted by Gasteiger charge is 2.33. The van der Waals surface area contributed by atoms with Gasteiger partial charge in [-0.2, -0.15) is 0 Å². The summed E-state index contributed by atoms with van der Waals surface area (Å²) in [6, 6.07) is -3.04. The van der Waals surface area contributed by atoms with Crippen LogP contribution >= 0.6 is 0 Å². The van der Waals surface area contributed by atoms with Gasteiger partial charge in [0, 0.05) is 55.4 Å². The number of carboxylic acid groups (broad SMARTS) is 3. The Kier molecular flexibility index (Phi) is 20.5. The number of aliphatic carboxylic acids is 3. The highest BCUT2D eigenvalue weighted by Crippen LogP contribution is 2.31. The summed E-state index contributed by atoms with van der Waals surface area (Å²) in [7, 11) is 0. The zero-order valence-electron chi connectivity index (χ0n) is 37.2. The van der Waals surface area contributed by atoms with E-state index in [0.717, 1.165) is 0 Å². The molecule has 0 radical (unpaired) electrons. The van der Waals surface area contributed by atoms with Crippen molar-refractivity contribution in [3.8, 4) is 0 Å². The maximum Gasteiger partial charge on any atom is 0.322 e. The molecule has 4 amide bonds. The van der Waals surface area contributed by atoms with E-state index in [0.29, 0.717) is 25.7 Å². The van der Waals surface area contributed by atoms with Crippen LogP contribution in [0.15, 0.2) is 0 Å². The van der Waals surface area contributed by atoms with E-state index in [1.165, 1.54) is 0 Å². The molecule has 0 aliphatic rings. The Morgan fingerprint density at radius 2 is 0.825 bits per heavy atom. The smallest absolute Gasteiger partial charge is 0.322 e. The largest absolute Gasteiger partial charge is 0.480 e. The van der Waals surface area contributed by atoms with Gasteiger partial charge in [-0.1, -0.05) is 48.5 Å². The predicted octanol–water partition coefficient (Wildman–Crippen LogP) is 3.96. The molecule has 0 heterocycles. The fraction of sp³-hybridized carbons (Fsp3) is 0.829. The van der Waals surface area contributed by atoms with Gasteiger partial charge < -0.3 is 26.0 Å². The van der Waals surface area contributed by atoms with E-state index in [2.05, 4.69) is 31.9 Å². The number of rotatable bonds is 26. The molecule has 3 atom stereocenters. The molecule has 0 aromatic carbocycles. The van der Waals surface area contributed by atoms with E-state index in [9.17, 15) is 48.9 Å². The third-order valence-corrected chi connectivity index (χ3v) is 9.40. The van der Waals surface area contributed by atoms with E-state index in [1.54, 1.807) is 0 Å². The lowest BCUT2D eigenvalue weighted by molar-refractivity contribution is -0.141. The van der Waals surface area contributed by atoms with Gasteiger partial charge in [-0.15, -0.1) is 0 Å². The summed E-state index contributed by atoms with van der Waals surface area (Å²) >= 11 is 0. The van der Waals surface area contributed by atoms with Crippen molar-refractivity contribution in [1.29, 1.82) is 0 Å². The monoisotopic (exact) mass is 813 g/mol. The molecule has 57 heavy (non-hydrogen) atoms. The van der Waals surface area contributed by atoms with Crippen LogP contribution in [0.3, 0.4) is 0 Å². The van der Waals surface area contributed by atoms with Crippen LogP contribution in [-0.2, 0) is 33.6 Å². The van der Waals surface area contributed by atoms with Gasteiger partial charge in [0.1, 0.15) is 18.1 Å². The van der Waals surface area contributed by atoms with Crippen molar-refractivity contribution < 1.29 is 48.9 Å². The first-order chi connectivity index (χ1) is 25.5. The average Bonchev–Trinajstić information content (AvgIpc) is 2.99. The molecule has 0 rings (SSSR count). The minimum Gasteiger partial charge on any atom is -0.480 e. The summed E-state index contributed by atoms with van der Waals surface area (Å²) < 4.78 is 0. The lowest BCUT2D eigenvalue weighted by Gasteiger charge is -2.35. The standard InChI is InChI=1S/C41H76N6O10/c1-36(2,3)21-30(49)42-24-27(34(54)55)46-40(11,12)19-17-38(7,8)22-31(50)43-25-28(35(56)57)47-41(13,14)20-18-39(9,10)23-32(51)44-29(48)16-15-26(33(52)53)45-37(4,5)6/h26-28,45-47H,15-25H2,1-14H3,(H,42,49)(H,43,50)(H,52,53)(H,54,55)(H,56,57)(H,44,48,51)/t26-,27+,28-/m0/s1. The molecule has 0 aliphatic heterocycles. The molecule has 0 saturated heterocycles. The molecule has 16 nitrogen and oxygen atoms in total. The minimum atomic E-state index is -1.14. The third kappa shape index (κ3) is 26.1. The van der Waals surface area contributed by atoms with Crippen LogP contribution in [0.4, 0.5) is 0 Å². The number of amides is 4. The van der Waals surface area contributed by atoms with Crippen molar-refractivity contribution in [3.63, 3.8) is 0 Å². The summed E-state index contributed by atoms with van der Waals surface area (Å²) in [5.74, 6) is -4.90. The topological polar surface area (TPSA) is 252 Å². The molecule has 9 N–H and O–H groups in total. The Balaban J connectivity index is 5.07. The number of carbonyl (C=O) groups excluding carboxylic acids is 4. The second kappa shape index (κ2) is 21.9. The normalized spacial score (nSPS) is 14.6. The molecule has 0 aromatic rings. The Morgan fingerprint density at radius 1 is 0.456 bits per heavy atom. The first kappa shape index (κ1) is 53.4. The molecule has 0 spiro atoms. The summed E-state index contributed by atoms with van der Waals surface area (Å²) in [6.45, 7) is 26.0. The third-order valence-electron chi connectivity index (χ3n) is 9.40. The summed E-state index contributed by atoms with van der Waals surface area (Å²) in [6.07, 6.45) is 2.33. The average molecular weight is 813 g/mol. The van der Waals surface area contributed by atoms with Gasteiger partial charge in [-0.25, -0.2) is 0 Å². The molecular formula is C41H76N6O10. The van der Waals surface area contributed by atoms with Gasteiger partial charge in [-0.3, -0.25) is 54.8 Å². The second-order valence-corrected chi connectivity index (χ2v) is 20.7. The van der Waals surface area contributed by atoms with Crippen molar-refractivity contribution >= 4 is 41.5 Å². The minimum absolute atomic E-state index is 0.0205. The lowest BCUT2D eigenvalue weighted by atomic mass is 9.80. The van der Waals surface area contributed by atoms with E-state index in [-0.39, 0.29) is 62.4 Å². The molecular weight excluding hydrogens is 736 g/mol. The molecule has 16 heteroatoms. The summed E-state index contributed by atoms with van der Waals surface area (Å²) in [5.41, 5.74) is -3.10. The van der Waals surface area contributed by atoms with E-state index in [4.69, 9.17) is 0 Å². The maximum absolute atomic E-state index is 13.0. The Bertz CT molecular complexity index is 1390. The fourth-order valence-corrected chi connectivity index (χ4v) is 6.19. The van der Waals surface area contributed by atoms with Crippen LogP contribution in [0.5, 0.6) is 0 Å². The van der Waals surface area contributed by atoms with Crippen molar-refractivity contribution in [2.45, 2.75) is 189 Å². The van der Waals surface area contributed by atoms with E-state index < -0.39 is 75.3 Å². The lowest BCUT2D eigenvalue weighted by Crippen LogP contribution is -2.55. The molecule has 0 aromatic heterocycles. The van der Waals surface area contributed by atoms with E-state index >= 15 is 0 Å². The van der Waals surface area contributed by atoms with Crippen LogP contribution in [0.1, 0.15) is 155 Å². The first-order valence-corrected chi connectivity index (χ1v) is 19.9. The van der Waals surface area contributed by atoms with Gasteiger partial charge in [0.2, 0.25) is 23.6 Å². The molecule has 0 fully saturated rings. The SMILES string of the molecule is CC(C)(C)CC(=O)NC[C@@H](NC(C)(C)CCC(C)(C)CC(=O)NC[C@H](NC(C)(C)CCC(C)(C)CC(=O)NC(=O)CC[C@H](NC(C)(C)C)C(=O)O)C(=O)O)C(=O)O. The van der Waals surface area contributed by atoms with Crippen LogP contribution in [0.25, 0.3) is 0 Å². The van der Waals surface area contributed by atoms with Crippen LogP contribution in [0, 0.1) is 16.2 Å². The molecule has 0 unspecified atom stereocenters. The Morgan fingerprint density at radius 3 is 1.18 bits per heavy atom. The number of carbonyl (C=O) groups is 7. The Hall–Kier alpha value is -3.63. The summed E-state index contributed by atoms with van der Waals surface area (Å²) in [5, 5.41) is 46.2. The van der Waals surface area contributed by atoms with Crippen LogP contribution in [-0.4, -0.2) is 105 Å². The van der Waals surface area contributed by atoms with Gasteiger partial charge >= 0.3 is 17.9 Å². The first-order valence-electron chi connectivity index (χ1n) is 19.9. The maximum atomic E-state index is 13.0. The predicted molar refractivity (Wildman–Crippen MR) is 219 cm³/mol. The highest BCUT2D eigenvalue weighted by atomic mass is 16.4. The van der Waals surface area contributed by atoms with Crippen molar-refractivity contribution in [3.05, 3.63) is 0 Å². The number of hydrogen-bond donors (Lipinski definition) is 9.